The molecule has 0 saturated heterocycles. The van der Waals surface area contributed by atoms with Crippen molar-refractivity contribution in [3.63, 3.8) is 0 Å². The van der Waals surface area contributed by atoms with E-state index in [4.69, 9.17) is 18.5 Å². The highest BCUT2D eigenvalue weighted by Gasteiger charge is 2.54. The van der Waals surface area contributed by atoms with Gasteiger partial charge in [0.1, 0.15) is 43.2 Å². The summed E-state index contributed by atoms with van der Waals surface area (Å²) in [5, 5.41) is 41.3. The molecule has 0 radical (unpaired) electrons. The Morgan fingerprint density at radius 1 is 0.514 bits per heavy atom. The SMILES string of the molecule is CC/C=C\C/C=C\C/C=C\C/C=C\C/C=C\CCCCCC(=O)OC[C@H](COP(=O)(O)O[C@H]1C(O)C(O)C(O)[C@@H](OP(=O)(O)O)C1O)OC(=O)CCCC(=O)/C=C/C=C\C/C=C\C/C=C\CCCCC. The molecule has 70 heavy (non-hydrogen) atoms. The van der Waals surface area contributed by atoms with E-state index in [1.165, 1.54) is 25.3 Å². The summed E-state index contributed by atoms with van der Waals surface area (Å²) < 4.78 is 49.1. The van der Waals surface area contributed by atoms with Crippen LogP contribution >= 0.6 is 15.6 Å². The number of allylic oxidation sites excluding steroid dienone is 18. The van der Waals surface area contributed by atoms with Crippen LogP contribution in [0, 0.1) is 0 Å². The fourth-order valence-electron chi connectivity index (χ4n) is 6.53. The van der Waals surface area contributed by atoms with Gasteiger partial charge in [0.05, 0.1) is 6.61 Å². The Hall–Kier alpha value is -3.67. The number of hydrogen-bond donors (Lipinski definition) is 7. The molecule has 1 aliphatic carbocycles. The number of unbranched alkanes of at least 4 members (excludes halogenated alkanes) is 6. The predicted molar refractivity (Wildman–Crippen MR) is 269 cm³/mol. The van der Waals surface area contributed by atoms with Gasteiger partial charge in [0.2, 0.25) is 0 Å². The van der Waals surface area contributed by atoms with Gasteiger partial charge in [0, 0.05) is 19.3 Å². The maximum atomic E-state index is 13.0. The molecule has 0 spiro atoms. The van der Waals surface area contributed by atoms with E-state index in [1.807, 2.05) is 12.2 Å². The van der Waals surface area contributed by atoms with E-state index >= 15 is 0 Å². The Labute approximate surface area is 414 Å². The fraction of sp³-hybridized carbons (Fsp3) is 0.588. The number of phosphoric ester groups is 2. The summed E-state index contributed by atoms with van der Waals surface area (Å²) in [5.41, 5.74) is 0. The van der Waals surface area contributed by atoms with Crippen LogP contribution < -0.4 is 0 Å². The molecule has 0 amide bonds. The summed E-state index contributed by atoms with van der Waals surface area (Å²) in [4.78, 5) is 66.7. The first-order valence-electron chi connectivity index (χ1n) is 24.4. The average molecular weight is 1030 g/mol. The molecule has 0 heterocycles. The molecule has 1 saturated carbocycles. The average Bonchev–Trinajstić information content (AvgIpc) is 3.31. The number of phosphoric acid groups is 2. The third-order valence-electron chi connectivity index (χ3n) is 10.3. The normalized spacial score (nSPS) is 21.8. The van der Waals surface area contributed by atoms with Gasteiger partial charge in [-0.25, -0.2) is 9.13 Å². The molecule has 1 aliphatic rings. The van der Waals surface area contributed by atoms with Crippen LogP contribution in [0.4, 0.5) is 0 Å². The number of carbonyl (C=O) groups excluding carboxylic acids is 3. The van der Waals surface area contributed by atoms with Crippen LogP contribution in [0.3, 0.4) is 0 Å². The second-order valence-corrected chi connectivity index (χ2v) is 19.1. The van der Waals surface area contributed by atoms with E-state index in [9.17, 15) is 58.6 Å². The van der Waals surface area contributed by atoms with Crippen molar-refractivity contribution in [2.45, 2.75) is 179 Å². The van der Waals surface area contributed by atoms with E-state index < -0.39 is 83.5 Å². The predicted octanol–water partition coefficient (Wildman–Crippen LogP) is 8.91. The quantitative estimate of drug-likeness (QED) is 0.00756. The van der Waals surface area contributed by atoms with Crippen LogP contribution in [0.25, 0.3) is 0 Å². The van der Waals surface area contributed by atoms with Crippen molar-refractivity contribution in [2.24, 2.45) is 0 Å². The molecule has 19 heteroatoms. The van der Waals surface area contributed by atoms with Crippen LogP contribution in [0.5, 0.6) is 0 Å². The van der Waals surface area contributed by atoms with Gasteiger partial charge < -0.3 is 44.6 Å². The standard InChI is InChI=1S/C51H80O17P2/c1-3-5-7-9-11-13-15-17-18-19-20-21-22-24-26-28-30-32-34-38-44(53)64-40-43(41-65-70(62,63)68-51-48(57)46(55)47(56)50(49(51)58)67-69(59,60)61)66-45(54)39-35-37-42(52)36-33-31-29-27-25-23-16-14-12-10-8-6-4-2/h5,7,11-14,17-18,20-21,23-26,29,31,33,36,43,46-51,55-58H,3-4,6,8-10,15-16,19,22,27-28,30,32,34-35,37-41H2,1-2H3,(H,62,63)(H2,59,60,61)/b7-5-,13-11-,14-12-,18-17-,21-20-,25-23-,26-24-,31-29-,36-33+/t43-,46?,47?,48?,49?,50-,51+/m1/s1. The van der Waals surface area contributed by atoms with Crippen molar-refractivity contribution in [3.05, 3.63) is 109 Å². The molecule has 0 aromatic carbocycles. The van der Waals surface area contributed by atoms with Crippen molar-refractivity contribution in [2.75, 3.05) is 13.2 Å². The minimum atomic E-state index is -5.40. The van der Waals surface area contributed by atoms with Gasteiger partial charge in [-0.1, -0.05) is 136 Å². The maximum absolute atomic E-state index is 13.0. The number of ketones is 1. The van der Waals surface area contributed by atoms with Gasteiger partial charge in [-0.2, -0.15) is 0 Å². The first-order valence-corrected chi connectivity index (χ1v) is 27.4. The molecule has 0 aliphatic heterocycles. The number of rotatable bonds is 39. The number of carbonyl (C=O) groups is 3. The number of ether oxygens (including phenoxy) is 2. The largest absolute Gasteiger partial charge is 0.472 e. The minimum absolute atomic E-state index is 0.000162. The zero-order chi connectivity index (χ0) is 51.9. The summed E-state index contributed by atoms with van der Waals surface area (Å²) in [6, 6.07) is 0. The third-order valence-corrected chi connectivity index (χ3v) is 11.8. The van der Waals surface area contributed by atoms with Crippen LogP contribution in [-0.4, -0.2) is 109 Å². The topological polar surface area (TPSA) is 273 Å². The molecule has 0 bridgehead atoms. The number of esters is 2. The van der Waals surface area contributed by atoms with E-state index in [0.717, 1.165) is 64.2 Å². The van der Waals surface area contributed by atoms with E-state index in [1.54, 1.807) is 12.2 Å². The van der Waals surface area contributed by atoms with Crippen LogP contribution in [0.1, 0.15) is 136 Å². The van der Waals surface area contributed by atoms with Gasteiger partial charge in [0.25, 0.3) is 0 Å². The van der Waals surface area contributed by atoms with Crippen molar-refractivity contribution >= 4 is 33.4 Å². The summed E-state index contributed by atoms with van der Waals surface area (Å²) in [6.45, 7) is 2.73. The second kappa shape index (κ2) is 39.9. The highest BCUT2D eigenvalue weighted by atomic mass is 31.2. The zero-order valence-corrected chi connectivity index (χ0v) is 42.7. The van der Waals surface area contributed by atoms with Gasteiger partial charge in [-0.3, -0.25) is 28.0 Å². The van der Waals surface area contributed by atoms with Gasteiger partial charge in [-0.15, -0.1) is 0 Å². The van der Waals surface area contributed by atoms with Gasteiger partial charge in [0.15, 0.2) is 11.9 Å². The van der Waals surface area contributed by atoms with E-state index in [2.05, 4.69) is 97.4 Å². The van der Waals surface area contributed by atoms with Crippen LogP contribution in [-0.2, 0) is 46.6 Å². The van der Waals surface area contributed by atoms with Crippen molar-refractivity contribution in [3.8, 4) is 0 Å². The van der Waals surface area contributed by atoms with Crippen molar-refractivity contribution < 1.29 is 81.7 Å². The summed E-state index contributed by atoms with van der Waals surface area (Å²) in [6.07, 6.45) is 34.7. The number of aliphatic hydroxyl groups is 4. The van der Waals surface area contributed by atoms with Crippen LogP contribution in [0.15, 0.2) is 109 Å². The lowest BCUT2D eigenvalue weighted by Gasteiger charge is -2.43. The number of aliphatic hydroxyl groups excluding tert-OH is 4. The fourth-order valence-corrected chi connectivity index (χ4v) is 8.07. The highest BCUT2D eigenvalue weighted by Crippen LogP contribution is 2.49. The first kappa shape index (κ1) is 64.3. The Morgan fingerprint density at radius 3 is 1.56 bits per heavy atom. The molecule has 0 aromatic heterocycles. The maximum Gasteiger partial charge on any atom is 0.472 e. The molecule has 8 atom stereocenters. The highest BCUT2D eigenvalue weighted by molar-refractivity contribution is 7.47. The summed E-state index contributed by atoms with van der Waals surface area (Å²) >= 11 is 0. The smallest absolute Gasteiger partial charge is 0.462 e. The van der Waals surface area contributed by atoms with E-state index in [0.29, 0.717) is 12.8 Å². The monoisotopic (exact) mass is 1030 g/mol. The van der Waals surface area contributed by atoms with Crippen LogP contribution in [0.2, 0.25) is 0 Å². The summed E-state index contributed by atoms with van der Waals surface area (Å²) in [5.74, 6) is -1.76. The molecule has 1 fully saturated rings. The molecule has 396 valence electrons. The van der Waals surface area contributed by atoms with E-state index in [-0.39, 0.29) is 31.5 Å². The zero-order valence-electron chi connectivity index (χ0n) is 40.9. The molecule has 0 aromatic rings. The van der Waals surface area contributed by atoms with Crippen molar-refractivity contribution in [1.82, 2.24) is 0 Å². The first-order chi connectivity index (χ1) is 33.5. The lowest BCUT2D eigenvalue weighted by Crippen LogP contribution is -2.64. The Balaban J connectivity index is 2.69. The molecular formula is C51H80O17P2. The third kappa shape index (κ3) is 33.8. The van der Waals surface area contributed by atoms with Gasteiger partial charge >= 0.3 is 27.6 Å². The molecule has 5 unspecified atom stereocenters. The lowest BCUT2D eigenvalue weighted by molar-refractivity contribution is -0.216. The summed E-state index contributed by atoms with van der Waals surface area (Å²) in [7, 11) is -10.8. The Morgan fingerprint density at radius 2 is 1.01 bits per heavy atom. The van der Waals surface area contributed by atoms with Gasteiger partial charge in [-0.05, 0) is 89.5 Å². The molecule has 1 rings (SSSR count). The Kier molecular flexibility index (Phi) is 36.7. The molecule has 7 N–H and O–H groups in total. The minimum Gasteiger partial charge on any atom is -0.462 e. The Bertz CT molecular complexity index is 1830. The van der Waals surface area contributed by atoms with Crippen molar-refractivity contribution in [1.29, 1.82) is 0 Å². The molecule has 17 nitrogen and oxygen atoms in total. The lowest BCUT2D eigenvalue weighted by atomic mass is 9.85. The molecular weight excluding hydrogens is 946 g/mol. The number of hydrogen-bond acceptors (Lipinski definition) is 14. The second-order valence-electron chi connectivity index (χ2n) is 16.5.